The fourth-order valence-corrected chi connectivity index (χ4v) is 4.54. The molecule has 4 aromatic rings. The van der Waals surface area contributed by atoms with Crippen LogP contribution in [-0.4, -0.2) is 37.6 Å². The van der Waals surface area contributed by atoms with Crippen LogP contribution in [0.3, 0.4) is 0 Å². The van der Waals surface area contributed by atoms with Crippen molar-refractivity contribution in [3.05, 3.63) is 59.9 Å². The van der Waals surface area contributed by atoms with Gasteiger partial charge < -0.3 is 15.2 Å². The summed E-state index contributed by atoms with van der Waals surface area (Å²) in [5.41, 5.74) is 7.96. The topological polar surface area (TPSA) is 129 Å². The van der Waals surface area contributed by atoms with E-state index in [4.69, 9.17) is 15.2 Å². The number of nitrogens with one attached hydrogen (secondary N) is 1. The molecule has 4 rings (SSSR count). The fraction of sp³-hybridized carbons (Fsp3) is 0.136. The molecule has 3 N–H and O–H groups in total. The molecule has 176 valence electrons. The molecular formula is C22H19F2N5O4S. The van der Waals surface area contributed by atoms with E-state index >= 15 is 0 Å². The van der Waals surface area contributed by atoms with E-state index in [2.05, 4.69) is 19.7 Å². The number of hydrogen-bond acceptors (Lipinski definition) is 8. The van der Waals surface area contributed by atoms with Gasteiger partial charge in [0.2, 0.25) is 11.8 Å². The summed E-state index contributed by atoms with van der Waals surface area (Å²) in [6.45, 7) is 1.77. The highest BCUT2D eigenvalue weighted by atomic mass is 32.2. The number of methoxy groups -OCH3 is 2. The number of sulfonamides is 1. The van der Waals surface area contributed by atoms with E-state index in [-0.39, 0.29) is 17.5 Å². The standard InChI is InChI=1S/C22H19F2N5O4S/c1-11-15-6-12(8-18(32-2)20(15)28-22(25)27-11)13-7-17(21(33-3)26-10-13)29-34(30,31)19-5-4-14(23)9-16(19)24/h4-10,29H,1-3H3,(H2,25,27,28). The summed E-state index contributed by atoms with van der Waals surface area (Å²) in [7, 11) is -1.63. The van der Waals surface area contributed by atoms with Crippen LogP contribution in [0.15, 0.2) is 47.5 Å². The van der Waals surface area contributed by atoms with Gasteiger partial charge in [-0.2, -0.15) is 0 Å². The summed E-state index contributed by atoms with van der Waals surface area (Å²) in [4.78, 5) is 11.9. The first kappa shape index (κ1) is 23.1. The second-order valence-corrected chi connectivity index (χ2v) is 8.85. The van der Waals surface area contributed by atoms with E-state index in [1.807, 2.05) is 0 Å². The van der Waals surface area contributed by atoms with Gasteiger partial charge in [-0.15, -0.1) is 0 Å². The summed E-state index contributed by atoms with van der Waals surface area (Å²) < 4.78 is 65.8. The number of aromatic nitrogens is 3. The van der Waals surface area contributed by atoms with Crippen LogP contribution in [0.1, 0.15) is 5.69 Å². The number of pyridine rings is 1. The predicted molar refractivity (Wildman–Crippen MR) is 122 cm³/mol. The van der Waals surface area contributed by atoms with Gasteiger partial charge in [0, 0.05) is 23.2 Å². The normalized spacial score (nSPS) is 11.4. The molecule has 34 heavy (non-hydrogen) atoms. The average Bonchev–Trinajstić information content (AvgIpc) is 2.78. The van der Waals surface area contributed by atoms with Crippen molar-refractivity contribution in [3.63, 3.8) is 0 Å². The molecule has 0 aliphatic rings. The lowest BCUT2D eigenvalue weighted by molar-refractivity contribution is 0.400. The minimum Gasteiger partial charge on any atom is -0.494 e. The highest BCUT2D eigenvalue weighted by Crippen LogP contribution is 2.35. The SMILES string of the molecule is COc1ncc(-c2cc(OC)c3nc(N)nc(C)c3c2)cc1NS(=O)(=O)c1ccc(F)cc1F. The molecule has 0 aliphatic heterocycles. The van der Waals surface area contributed by atoms with Crippen LogP contribution in [0, 0.1) is 18.6 Å². The second-order valence-electron chi connectivity index (χ2n) is 7.20. The molecule has 0 atom stereocenters. The summed E-state index contributed by atoms with van der Waals surface area (Å²) in [6, 6.07) is 7.11. The van der Waals surface area contributed by atoms with E-state index in [1.54, 1.807) is 19.1 Å². The maximum absolute atomic E-state index is 14.1. The fourth-order valence-electron chi connectivity index (χ4n) is 3.43. The Morgan fingerprint density at radius 3 is 2.44 bits per heavy atom. The van der Waals surface area contributed by atoms with Crippen molar-refractivity contribution in [2.24, 2.45) is 0 Å². The van der Waals surface area contributed by atoms with Crippen LogP contribution in [-0.2, 0) is 10.0 Å². The molecule has 0 radical (unpaired) electrons. The molecule has 2 heterocycles. The molecule has 0 spiro atoms. The van der Waals surface area contributed by atoms with Gasteiger partial charge in [0.1, 0.15) is 33.5 Å². The molecule has 0 saturated carbocycles. The number of anilines is 2. The number of hydrogen-bond donors (Lipinski definition) is 2. The molecule has 0 aliphatic carbocycles. The van der Waals surface area contributed by atoms with Crippen molar-refractivity contribution in [2.75, 3.05) is 24.7 Å². The van der Waals surface area contributed by atoms with E-state index in [9.17, 15) is 17.2 Å². The Bertz CT molecular complexity index is 1530. The Morgan fingerprint density at radius 1 is 1.00 bits per heavy atom. The van der Waals surface area contributed by atoms with E-state index in [0.29, 0.717) is 39.5 Å². The molecule has 12 heteroatoms. The van der Waals surface area contributed by atoms with Gasteiger partial charge in [-0.3, -0.25) is 4.72 Å². The van der Waals surface area contributed by atoms with Gasteiger partial charge in [0.05, 0.1) is 19.9 Å². The van der Waals surface area contributed by atoms with Crippen molar-refractivity contribution in [3.8, 4) is 22.8 Å². The molecule has 9 nitrogen and oxygen atoms in total. The van der Waals surface area contributed by atoms with Crippen LogP contribution >= 0.6 is 0 Å². The first-order chi connectivity index (χ1) is 16.1. The number of nitrogens with zero attached hydrogens (tertiary/aromatic N) is 3. The van der Waals surface area contributed by atoms with Crippen LogP contribution in [0.4, 0.5) is 20.4 Å². The van der Waals surface area contributed by atoms with Crippen molar-refractivity contribution >= 4 is 32.6 Å². The Morgan fingerprint density at radius 2 is 1.76 bits per heavy atom. The van der Waals surface area contributed by atoms with Gasteiger partial charge in [-0.25, -0.2) is 32.2 Å². The quantitative estimate of drug-likeness (QED) is 0.421. The zero-order chi connectivity index (χ0) is 24.6. The first-order valence-corrected chi connectivity index (χ1v) is 11.3. The number of aryl methyl sites for hydroxylation is 1. The largest absolute Gasteiger partial charge is 0.494 e. The van der Waals surface area contributed by atoms with Gasteiger partial charge in [-0.05, 0) is 42.8 Å². The Balaban J connectivity index is 1.83. The Labute approximate surface area is 193 Å². The van der Waals surface area contributed by atoms with Crippen molar-refractivity contribution in [1.82, 2.24) is 15.0 Å². The number of ether oxygens (including phenoxy) is 2. The van der Waals surface area contributed by atoms with E-state index in [0.717, 1.165) is 12.1 Å². The highest BCUT2D eigenvalue weighted by molar-refractivity contribution is 7.92. The van der Waals surface area contributed by atoms with Gasteiger partial charge >= 0.3 is 0 Å². The maximum Gasteiger partial charge on any atom is 0.264 e. The van der Waals surface area contributed by atoms with E-state index in [1.165, 1.54) is 26.5 Å². The smallest absolute Gasteiger partial charge is 0.264 e. The monoisotopic (exact) mass is 487 g/mol. The predicted octanol–water partition coefficient (Wildman–Crippen LogP) is 3.68. The molecule has 0 saturated heterocycles. The third-order valence-electron chi connectivity index (χ3n) is 5.00. The molecule has 0 bridgehead atoms. The zero-order valence-corrected chi connectivity index (χ0v) is 19.1. The zero-order valence-electron chi connectivity index (χ0n) is 18.3. The summed E-state index contributed by atoms with van der Waals surface area (Å²) in [5, 5.41) is 0.676. The van der Waals surface area contributed by atoms with Gasteiger partial charge in [0.25, 0.3) is 10.0 Å². The number of halogens is 2. The lowest BCUT2D eigenvalue weighted by Gasteiger charge is -2.14. The minimum atomic E-state index is -4.42. The molecule has 0 unspecified atom stereocenters. The molecule has 2 aromatic carbocycles. The Kier molecular flexibility index (Phi) is 5.92. The molecule has 0 fully saturated rings. The summed E-state index contributed by atoms with van der Waals surface area (Å²) >= 11 is 0. The molecule has 2 aromatic heterocycles. The summed E-state index contributed by atoms with van der Waals surface area (Å²) in [6.07, 6.45) is 1.48. The lowest BCUT2D eigenvalue weighted by Crippen LogP contribution is -2.15. The second kappa shape index (κ2) is 8.71. The third-order valence-corrected chi connectivity index (χ3v) is 6.40. The number of nitrogens with two attached hydrogens (primary N) is 1. The van der Waals surface area contributed by atoms with E-state index < -0.39 is 26.6 Å². The lowest BCUT2D eigenvalue weighted by atomic mass is 10.0. The number of benzene rings is 2. The number of rotatable bonds is 6. The van der Waals surface area contributed by atoms with Crippen LogP contribution in [0.25, 0.3) is 22.0 Å². The summed E-state index contributed by atoms with van der Waals surface area (Å²) in [5.74, 6) is -1.65. The van der Waals surface area contributed by atoms with Crippen LogP contribution in [0.2, 0.25) is 0 Å². The maximum atomic E-state index is 14.1. The number of nitrogen functional groups attached to an aromatic ring is 1. The minimum absolute atomic E-state index is 0.0464. The average molecular weight is 487 g/mol. The molecular weight excluding hydrogens is 468 g/mol. The van der Waals surface area contributed by atoms with Crippen molar-refractivity contribution in [2.45, 2.75) is 11.8 Å². The van der Waals surface area contributed by atoms with Crippen LogP contribution < -0.4 is 19.9 Å². The highest BCUT2D eigenvalue weighted by Gasteiger charge is 2.22. The van der Waals surface area contributed by atoms with Crippen LogP contribution in [0.5, 0.6) is 11.6 Å². The van der Waals surface area contributed by atoms with Crippen molar-refractivity contribution in [1.29, 1.82) is 0 Å². The Hall–Kier alpha value is -4.06. The van der Waals surface area contributed by atoms with Gasteiger partial charge in [-0.1, -0.05) is 0 Å². The first-order valence-electron chi connectivity index (χ1n) is 9.77. The third kappa shape index (κ3) is 4.27. The van der Waals surface area contributed by atoms with Gasteiger partial charge in [0.15, 0.2) is 0 Å². The number of fused-ring (bicyclic) bond motifs is 1. The molecule has 0 amide bonds. The van der Waals surface area contributed by atoms with Crippen molar-refractivity contribution < 1.29 is 26.7 Å².